The molecule has 1 atom stereocenters. The molecule has 28 heavy (non-hydrogen) atoms. The fraction of sp³-hybridized carbons (Fsp3) is 0.625. The lowest BCUT2D eigenvalue weighted by Crippen LogP contribution is -2.33. The number of halogens is 8. The second-order valence-electron chi connectivity index (χ2n) is 4.90. The van der Waals surface area contributed by atoms with Crippen molar-refractivity contribution in [3.05, 3.63) is 25.0 Å². The zero-order valence-corrected chi connectivity index (χ0v) is 16.2. The van der Waals surface area contributed by atoms with Gasteiger partial charge >= 0.3 is 35.9 Å². The number of carbonyl (C=O) groups is 2. The summed E-state index contributed by atoms with van der Waals surface area (Å²) in [4.78, 5) is 19.9. The third-order valence-electron chi connectivity index (χ3n) is 2.11. The molecule has 0 saturated carbocycles. The zero-order chi connectivity index (χ0) is 23.7. The molecule has 0 aromatic heterocycles. The largest absolute Gasteiger partial charge is 0.463 e. The fourth-order valence-electron chi connectivity index (χ4n) is 0.484. The Morgan fingerprint density at radius 3 is 1.29 bits per heavy atom. The van der Waals surface area contributed by atoms with Gasteiger partial charge in [0.05, 0.1) is 12.4 Å². The van der Waals surface area contributed by atoms with Gasteiger partial charge in [-0.1, -0.05) is 13.5 Å². The van der Waals surface area contributed by atoms with E-state index in [0.717, 1.165) is 12.7 Å². The first-order valence-corrected chi connectivity index (χ1v) is 7.40. The minimum atomic E-state index is -3.90. The number of alkyl halides is 4. The van der Waals surface area contributed by atoms with Gasteiger partial charge in [-0.2, -0.15) is 17.6 Å². The summed E-state index contributed by atoms with van der Waals surface area (Å²) in [5.41, 5.74) is 0. The maximum atomic E-state index is 11.5. The lowest BCUT2D eigenvalue weighted by molar-refractivity contribution is -0.185. The van der Waals surface area contributed by atoms with Crippen LogP contribution in [0.15, 0.2) is 25.0 Å². The van der Waals surface area contributed by atoms with Gasteiger partial charge in [0.1, 0.15) is 0 Å². The number of carbonyl (C=O) groups excluding carboxylic acids is 2. The number of esters is 2. The molecule has 0 bridgehead atoms. The Balaban J connectivity index is -0.000000139. The van der Waals surface area contributed by atoms with Gasteiger partial charge in [-0.05, 0) is 13.3 Å². The average molecular weight is 432 g/mol. The smallest absolute Gasteiger partial charge is 0.334 e. The second-order valence-corrected chi connectivity index (χ2v) is 4.90. The molecule has 1 unspecified atom stereocenters. The Morgan fingerprint density at radius 2 is 1.25 bits per heavy atom. The summed E-state index contributed by atoms with van der Waals surface area (Å²) in [6.45, 7) is 10.1. The summed E-state index contributed by atoms with van der Waals surface area (Å²) < 4.78 is 96.0. The fourth-order valence-corrected chi connectivity index (χ4v) is 0.484. The van der Waals surface area contributed by atoms with Crippen LogP contribution in [0, 0.1) is 0 Å². The predicted octanol–water partition coefficient (Wildman–Crippen LogP) is 6.33. The van der Waals surface area contributed by atoms with E-state index in [0.29, 0.717) is 0 Å². The van der Waals surface area contributed by atoms with Crippen molar-refractivity contribution < 1.29 is 54.2 Å². The number of hydrogen-bond donors (Lipinski definition) is 0. The quantitative estimate of drug-likeness (QED) is 0.296. The third-order valence-corrected chi connectivity index (χ3v) is 2.11. The van der Waals surface area contributed by atoms with Crippen LogP contribution in [-0.2, 0) is 19.1 Å². The van der Waals surface area contributed by atoms with E-state index in [4.69, 9.17) is 4.74 Å². The maximum absolute atomic E-state index is 11.5. The summed E-state index contributed by atoms with van der Waals surface area (Å²) in [6.07, 6.45) is -3.75. The molecule has 168 valence electrons. The highest BCUT2D eigenvalue weighted by atomic mass is 19.3. The van der Waals surface area contributed by atoms with E-state index in [1.807, 2.05) is 13.8 Å². The lowest BCUT2D eigenvalue weighted by atomic mass is 10.2. The van der Waals surface area contributed by atoms with Crippen LogP contribution in [0.5, 0.6) is 0 Å². The van der Waals surface area contributed by atoms with Crippen molar-refractivity contribution in [2.24, 2.45) is 0 Å². The van der Waals surface area contributed by atoms with Crippen LogP contribution < -0.4 is 0 Å². The van der Waals surface area contributed by atoms with Crippen molar-refractivity contribution in [1.82, 2.24) is 0 Å². The van der Waals surface area contributed by atoms with Crippen molar-refractivity contribution in [3.8, 4) is 0 Å². The van der Waals surface area contributed by atoms with Gasteiger partial charge in [0.2, 0.25) is 0 Å². The van der Waals surface area contributed by atoms with Crippen molar-refractivity contribution in [2.75, 3.05) is 0 Å². The monoisotopic (exact) mass is 432 g/mol. The molecule has 0 radical (unpaired) electrons. The molecule has 0 fully saturated rings. The topological polar surface area (TPSA) is 52.6 Å². The van der Waals surface area contributed by atoms with Crippen LogP contribution in [-0.4, -0.2) is 29.9 Å². The van der Waals surface area contributed by atoms with Crippen molar-refractivity contribution >= 4 is 11.9 Å². The number of hydrogen-bond acceptors (Lipinski definition) is 4. The molecule has 0 aromatic carbocycles. The van der Waals surface area contributed by atoms with Crippen molar-refractivity contribution in [1.29, 1.82) is 0 Å². The van der Waals surface area contributed by atoms with E-state index in [-0.39, 0.29) is 31.9 Å². The Kier molecular flexibility index (Phi) is 20.3. The molecule has 0 N–H and O–H groups in total. The van der Waals surface area contributed by atoms with Gasteiger partial charge in [-0.15, -0.1) is 0 Å². The highest BCUT2D eigenvalue weighted by Crippen LogP contribution is 2.32. The van der Waals surface area contributed by atoms with E-state index >= 15 is 0 Å². The van der Waals surface area contributed by atoms with Crippen LogP contribution in [0.4, 0.5) is 35.1 Å². The second kappa shape index (κ2) is 17.0. The van der Waals surface area contributed by atoms with Gasteiger partial charge < -0.3 is 9.47 Å². The van der Waals surface area contributed by atoms with Crippen LogP contribution in [0.1, 0.15) is 48.0 Å². The molecule has 4 nitrogen and oxygen atoms in total. The SMILES string of the molecule is C=COC(C)=O.CC(F)(F)C(C)(F)F.CCC(C)OC(C)=O.FC(F)=C(F)F. The van der Waals surface area contributed by atoms with E-state index in [2.05, 4.69) is 11.3 Å². The van der Waals surface area contributed by atoms with E-state index in [1.165, 1.54) is 13.8 Å². The Bertz CT molecular complexity index is 452. The van der Waals surface area contributed by atoms with Crippen molar-refractivity contribution in [3.63, 3.8) is 0 Å². The summed E-state index contributed by atoms with van der Waals surface area (Å²) in [7, 11) is 0. The number of ether oxygens (including phenoxy) is 2. The summed E-state index contributed by atoms with van der Waals surface area (Å²) >= 11 is 0. The minimum Gasteiger partial charge on any atom is -0.463 e. The maximum Gasteiger partial charge on any atom is 0.334 e. The number of rotatable bonds is 4. The zero-order valence-electron chi connectivity index (χ0n) is 16.2. The molecule has 0 saturated heterocycles. The Morgan fingerprint density at radius 1 is 0.929 bits per heavy atom. The lowest BCUT2D eigenvalue weighted by Gasteiger charge is -2.17. The van der Waals surface area contributed by atoms with E-state index in [9.17, 15) is 44.7 Å². The molecule has 0 rings (SSSR count). The molecule has 0 amide bonds. The molecule has 0 aliphatic heterocycles. The Labute approximate surface area is 158 Å². The van der Waals surface area contributed by atoms with Crippen LogP contribution in [0.3, 0.4) is 0 Å². The highest BCUT2D eigenvalue weighted by molar-refractivity contribution is 5.66. The molecule has 0 aromatic rings. The normalized spacial score (nSPS) is 10.9. The third kappa shape index (κ3) is 31.6. The Hall–Kier alpha value is -2.14. The van der Waals surface area contributed by atoms with E-state index < -0.39 is 24.0 Å². The first-order valence-electron chi connectivity index (χ1n) is 7.40. The predicted molar refractivity (Wildman–Crippen MR) is 86.2 cm³/mol. The average Bonchev–Trinajstić information content (AvgIpc) is 2.46. The van der Waals surface area contributed by atoms with Gasteiger partial charge in [0.15, 0.2) is 0 Å². The van der Waals surface area contributed by atoms with Gasteiger partial charge in [0, 0.05) is 27.7 Å². The summed E-state index contributed by atoms with van der Waals surface area (Å²) in [5.74, 6) is -8.32. The van der Waals surface area contributed by atoms with Crippen LogP contribution in [0.25, 0.3) is 0 Å². The molecule has 12 heteroatoms. The summed E-state index contributed by atoms with van der Waals surface area (Å²) in [5, 5.41) is 0. The molecular formula is C16H24F8O4. The highest BCUT2D eigenvalue weighted by Gasteiger charge is 2.47. The summed E-state index contributed by atoms with van der Waals surface area (Å²) in [6, 6.07) is 0. The molecule has 0 aliphatic carbocycles. The molecule has 0 heterocycles. The molecular weight excluding hydrogens is 408 g/mol. The van der Waals surface area contributed by atoms with E-state index in [1.54, 1.807) is 0 Å². The first kappa shape index (κ1) is 33.4. The first-order chi connectivity index (χ1) is 12.3. The van der Waals surface area contributed by atoms with Gasteiger partial charge in [-0.3, -0.25) is 9.59 Å². The standard InChI is InChI=1S/C6H12O2.C4H6F4.C4H6O2.C2F4/c1-4-5(2)8-6(3)7;1-3(5,6)4(2,7)8;1-3-6-4(2)5;3-1(4)2(5)6/h5H,4H2,1-3H3;1-2H3;3H,1H2,2H3;. The molecule has 0 aliphatic rings. The van der Waals surface area contributed by atoms with Gasteiger partial charge in [-0.25, -0.2) is 17.6 Å². The van der Waals surface area contributed by atoms with Gasteiger partial charge in [0.25, 0.3) is 0 Å². The molecule has 0 spiro atoms. The van der Waals surface area contributed by atoms with Crippen LogP contribution in [0.2, 0.25) is 0 Å². The minimum absolute atomic E-state index is 0.0764. The van der Waals surface area contributed by atoms with Crippen molar-refractivity contribution in [2.45, 2.75) is 65.9 Å². The van der Waals surface area contributed by atoms with Crippen LogP contribution >= 0.6 is 0 Å².